The van der Waals surface area contributed by atoms with Crippen molar-refractivity contribution in [3.63, 3.8) is 0 Å². The second-order valence-corrected chi connectivity index (χ2v) is 6.24. The molecule has 6 heteroatoms. The lowest BCUT2D eigenvalue weighted by atomic mass is 10.0. The molecule has 0 aliphatic carbocycles. The van der Waals surface area contributed by atoms with Gasteiger partial charge < -0.3 is 15.4 Å². The minimum Gasteiger partial charge on any atom is -0.455 e. The number of hydrogen-bond donors (Lipinski definition) is 2. The van der Waals surface area contributed by atoms with Crippen molar-refractivity contribution in [1.82, 2.24) is 5.32 Å². The summed E-state index contributed by atoms with van der Waals surface area (Å²) < 4.78 is 5.04. The average Bonchev–Trinajstić information content (AvgIpc) is 2.63. The van der Waals surface area contributed by atoms with Crippen molar-refractivity contribution in [2.24, 2.45) is 0 Å². The first kappa shape index (κ1) is 20.2. The van der Waals surface area contributed by atoms with E-state index in [-0.39, 0.29) is 18.9 Å². The number of rotatable bonds is 7. The first-order valence-electron chi connectivity index (χ1n) is 8.79. The van der Waals surface area contributed by atoms with Crippen molar-refractivity contribution >= 4 is 23.5 Å². The molecule has 0 spiro atoms. The van der Waals surface area contributed by atoms with Gasteiger partial charge in [-0.3, -0.25) is 14.4 Å². The second kappa shape index (κ2) is 9.52. The van der Waals surface area contributed by atoms with Crippen LogP contribution in [0.3, 0.4) is 0 Å². The van der Waals surface area contributed by atoms with Gasteiger partial charge in [-0.2, -0.15) is 0 Å². The van der Waals surface area contributed by atoms with Gasteiger partial charge in [0.1, 0.15) is 0 Å². The molecular weight excluding hydrogens is 344 g/mol. The molecule has 0 saturated heterocycles. The summed E-state index contributed by atoms with van der Waals surface area (Å²) in [5, 5.41) is 5.31. The van der Waals surface area contributed by atoms with Crippen LogP contribution in [-0.4, -0.2) is 30.9 Å². The predicted octanol–water partition coefficient (Wildman–Crippen LogP) is 2.78. The molecule has 0 bridgehead atoms. The zero-order valence-electron chi connectivity index (χ0n) is 15.8. The fourth-order valence-electron chi connectivity index (χ4n) is 2.48. The molecular formula is C21H24N2O4. The summed E-state index contributed by atoms with van der Waals surface area (Å²) in [6, 6.07) is 12.3. The van der Waals surface area contributed by atoms with Crippen molar-refractivity contribution in [1.29, 1.82) is 0 Å². The van der Waals surface area contributed by atoms with Crippen LogP contribution in [0.25, 0.3) is 0 Å². The van der Waals surface area contributed by atoms with E-state index in [2.05, 4.69) is 10.6 Å². The van der Waals surface area contributed by atoms with Crippen LogP contribution in [0.4, 0.5) is 5.69 Å². The summed E-state index contributed by atoms with van der Waals surface area (Å²) in [7, 11) is 0. The third-order valence-corrected chi connectivity index (χ3v) is 4.03. The summed E-state index contributed by atoms with van der Waals surface area (Å²) in [6.07, 6.45) is 0.112. The van der Waals surface area contributed by atoms with Crippen LogP contribution >= 0.6 is 0 Å². The summed E-state index contributed by atoms with van der Waals surface area (Å²) in [4.78, 5) is 35.7. The van der Waals surface area contributed by atoms with Gasteiger partial charge in [0.25, 0.3) is 11.8 Å². The largest absolute Gasteiger partial charge is 0.455 e. The summed E-state index contributed by atoms with van der Waals surface area (Å²) >= 11 is 0. The maximum absolute atomic E-state index is 12.0. The van der Waals surface area contributed by atoms with Gasteiger partial charge in [-0.15, -0.1) is 0 Å². The molecule has 0 unspecified atom stereocenters. The van der Waals surface area contributed by atoms with Crippen molar-refractivity contribution in [2.45, 2.75) is 27.2 Å². The number of benzene rings is 2. The van der Waals surface area contributed by atoms with E-state index in [1.54, 1.807) is 24.3 Å². The van der Waals surface area contributed by atoms with E-state index < -0.39 is 11.9 Å². The Balaban J connectivity index is 1.85. The first-order valence-corrected chi connectivity index (χ1v) is 8.79. The van der Waals surface area contributed by atoms with Gasteiger partial charge in [0, 0.05) is 17.8 Å². The van der Waals surface area contributed by atoms with E-state index in [1.165, 1.54) is 0 Å². The third kappa shape index (κ3) is 6.26. The Morgan fingerprint density at radius 2 is 1.78 bits per heavy atom. The van der Waals surface area contributed by atoms with E-state index in [0.29, 0.717) is 17.8 Å². The lowest BCUT2D eigenvalue weighted by Crippen LogP contribution is -2.24. The van der Waals surface area contributed by atoms with Crippen LogP contribution in [0.5, 0.6) is 0 Å². The lowest BCUT2D eigenvalue weighted by molar-refractivity contribution is -0.146. The van der Waals surface area contributed by atoms with Crippen LogP contribution < -0.4 is 10.6 Å². The minimum absolute atomic E-state index is 0.112. The molecule has 0 heterocycles. The molecule has 0 saturated carbocycles. The molecule has 0 aliphatic heterocycles. The van der Waals surface area contributed by atoms with Crippen LogP contribution in [-0.2, 0) is 20.7 Å². The number of esters is 1. The molecule has 2 N–H and O–H groups in total. The highest BCUT2D eigenvalue weighted by Gasteiger charge is 2.11. The quantitative estimate of drug-likeness (QED) is 0.736. The molecule has 2 aromatic carbocycles. The van der Waals surface area contributed by atoms with E-state index >= 15 is 0 Å². The number of carbonyl (C=O) groups is 3. The fraction of sp³-hybridized carbons (Fsp3) is 0.286. The molecule has 0 radical (unpaired) electrons. The maximum Gasteiger partial charge on any atom is 0.310 e. The van der Waals surface area contributed by atoms with Crippen LogP contribution in [0.1, 0.15) is 34.0 Å². The SMILES string of the molecule is CCNC(=O)c1cccc(NC(=O)COC(=O)Cc2ccc(C)c(C)c2)c1. The summed E-state index contributed by atoms with van der Waals surface area (Å²) in [5.41, 5.74) is 4.01. The van der Waals surface area contributed by atoms with Gasteiger partial charge in [0.2, 0.25) is 0 Å². The summed E-state index contributed by atoms with van der Waals surface area (Å²) in [5.74, 6) is -1.14. The normalized spacial score (nSPS) is 10.2. The standard InChI is InChI=1S/C21H24N2O4/c1-4-22-21(26)17-6-5-7-18(12-17)23-19(24)13-27-20(25)11-16-9-8-14(2)15(3)10-16/h5-10,12H,4,11,13H2,1-3H3,(H,22,26)(H,23,24). The molecule has 27 heavy (non-hydrogen) atoms. The van der Waals surface area contributed by atoms with Crippen molar-refractivity contribution < 1.29 is 19.1 Å². The molecule has 0 fully saturated rings. The Kier molecular flexibility index (Phi) is 7.11. The zero-order valence-corrected chi connectivity index (χ0v) is 15.8. The van der Waals surface area contributed by atoms with Crippen LogP contribution in [0, 0.1) is 13.8 Å². The second-order valence-electron chi connectivity index (χ2n) is 6.24. The topological polar surface area (TPSA) is 84.5 Å². The fourth-order valence-corrected chi connectivity index (χ4v) is 2.48. The maximum atomic E-state index is 12.0. The zero-order chi connectivity index (χ0) is 19.8. The van der Waals surface area contributed by atoms with E-state index in [9.17, 15) is 14.4 Å². The molecule has 2 amide bonds. The van der Waals surface area contributed by atoms with Crippen molar-refractivity contribution in [3.05, 3.63) is 64.7 Å². The monoisotopic (exact) mass is 368 g/mol. The Bertz CT molecular complexity index is 846. The van der Waals surface area contributed by atoms with Gasteiger partial charge in [0.05, 0.1) is 6.42 Å². The van der Waals surface area contributed by atoms with E-state index in [4.69, 9.17) is 4.74 Å². The van der Waals surface area contributed by atoms with Crippen molar-refractivity contribution in [3.8, 4) is 0 Å². The van der Waals surface area contributed by atoms with Gasteiger partial charge >= 0.3 is 5.97 Å². The first-order chi connectivity index (χ1) is 12.9. The van der Waals surface area contributed by atoms with Gasteiger partial charge in [-0.1, -0.05) is 24.3 Å². The molecule has 142 valence electrons. The molecule has 0 atom stereocenters. The highest BCUT2D eigenvalue weighted by Crippen LogP contribution is 2.12. The van der Waals surface area contributed by atoms with Gasteiger partial charge in [-0.05, 0) is 55.7 Å². The number of nitrogens with one attached hydrogen (secondary N) is 2. The lowest BCUT2D eigenvalue weighted by Gasteiger charge is -2.09. The molecule has 0 aliphatic rings. The molecule has 0 aromatic heterocycles. The van der Waals surface area contributed by atoms with Gasteiger partial charge in [0.15, 0.2) is 6.61 Å². The highest BCUT2D eigenvalue weighted by atomic mass is 16.5. The van der Waals surface area contributed by atoms with Crippen molar-refractivity contribution in [2.75, 3.05) is 18.5 Å². The van der Waals surface area contributed by atoms with E-state index in [0.717, 1.165) is 16.7 Å². The van der Waals surface area contributed by atoms with Gasteiger partial charge in [-0.25, -0.2) is 0 Å². The van der Waals surface area contributed by atoms with Crippen LogP contribution in [0.15, 0.2) is 42.5 Å². The average molecular weight is 368 g/mol. The smallest absolute Gasteiger partial charge is 0.310 e. The summed E-state index contributed by atoms with van der Waals surface area (Å²) in [6.45, 7) is 5.95. The Morgan fingerprint density at radius 1 is 1.00 bits per heavy atom. The van der Waals surface area contributed by atoms with E-state index in [1.807, 2.05) is 39.0 Å². The Hall–Kier alpha value is -3.15. The Morgan fingerprint density at radius 3 is 2.48 bits per heavy atom. The number of ether oxygens (including phenoxy) is 1. The Labute approximate surface area is 158 Å². The molecule has 2 rings (SSSR count). The molecule has 2 aromatic rings. The number of hydrogen-bond acceptors (Lipinski definition) is 4. The minimum atomic E-state index is -0.468. The number of aryl methyl sites for hydroxylation is 2. The number of carbonyl (C=O) groups excluding carboxylic acids is 3. The predicted molar refractivity (Wildman–Crippen MR) is 104 cm³/mol. The number of amides is 2. The third-order valence-electron chi connectivity index (χ3n) is 4.03. The number of anilines is 1. The highest BCUT2D eigenvalue weighted by molar-refractivity contribution is 5.97. The van der Waals surface area contributed by atoms with Crippen LogP contribution in [0.2, 0.25) is 0 Å². The molecule has 6 nitrogen and oxygen atoms in total.